The lowest BCUT2D eigenvalue weighted by atomic mass is 10.2. The van der Waals surface area contributed by atoms with Gasteiger partial charge in [0.2, 0.25) is 10.0 Å². The van der Waals surface area contributed by atoms with Crippen molar-refractivity contribution in [3.63, 3.8) is 0 Å². The zero-order valence-corrected chi connectivity index (χ0v) is 9.29. The maximum absolute atomic E-state index is 11.4. The number of fused-ring (bicyclic) bond motifs is 1. The van der Waals surface area contributed by atoms with Gasteiger partial charge < -0.3 is 5.32 Å². The first-order valence-electron chi connectivity index (χ1n) is 4.70. The van der Waals surface area contributed by atoms with Crippen molar-refractivity contribution in [1.29, 1.82) is 0 Å². The van der Waals surface area contributed by atoms with Crippen LogP contribution < -0.4 is 5.32 Å². The molecule has 15 heavy (non-hydrogen) atoms. The zero-order valence-electron chi connectivity index (χ0n) is 8.47. The molecule has 1 aromatic heterocycles. The van der Waals surface area contributed by atoms with Crippen LogP contribution in [0.25, 0.3) is 0 Å². The van der Waals surface area contributed by atoms with Gasteiger partial charge in [-0.2, -0.15) is 4.31 Å². The van der Waals surface area contributed by atoms with Crippen LogP contribution in [0.4, 0.5) is 5.82 Å². The van der Waals surface area contributed by atoms with Crippen LogP contribution in [-0.2, 0) is 16.6 Å². The number of aromatic nitrogens is 1. The van der Waals surface area contributed by atoms with Gasteiger partial charge in [0.15, 0.2) is 0 Å². The Kier molecular flexibility index (Phi) is 2.62. The van der Waals surface area contributed by atoms with Crippen molar-refractivity contribution >= 4 is 15.8 Å². The van der Waals surface area contributed by atoms with Crippen LogP contribution in [0.2, 0.25) is 0 Å². The van der Waals surface area contributed by atoms with Crippen LogP contribution >= 0.6 is 0 Å². The first kappa shape index (κ1) is 10.4. The van der Waals surface area contributed by atoms with Crippen molar-refractivity contribution in [2.75, 3.05) is 24.7 Å². The van der Waals surface area contributed by atoms with Crippen LogP contribution in [-0.4, -0.2) is 37.1 Å². The molecule has 1 aromatic rings. The van der Waals surface area contributed by atoms with Crippen molar-refractivity contribution in [3.8, 4) is 0 Å². The fourth-order valence-corrected chi connectivity index (χ4v) is 2.37. The van der Waals surface area contributed by atoms with Crippen molar-refractivity contribution < 1.29 is 8.42 Å². The molecule has 0 atom stereocenters. The van der Waals surface area contributed by atoms with Crippen LogP contribution in [0.1, 0.15) is 5.56 Å². The highest BCUT2D eigenvalue weighted by Gasteiger charge is 2.21. The van der Waals surface area contributed by atoms with E-state index in [0.717, 1.165) is 11.4 Å². The molecule has 0 saturated carbocycles. The average molecular weight is 227 g/mol. The first-order valence-corrected chi connectivity index (χ1v) is 6.55. The van der Waals surface area contributed by atoms with E-state index < -0.39 is 10.0 Å². The van der Waals surface area contributed by atoms with E-state index in [1.54, 1.807) is 6.20 Å². The van der Waals surface area contributed by atoms with Crippen LogP contribution in [0.5, 0.6) is 0 Å². The molecule has 5 nitrogen and oxygen atoms in total. The fraction of sp³-hybridized carbons (Fsp3) is 0.444. The quantitative estimate of drug-likeness (QED) is 0.748. The topological polar surface area (TPSA) is 62.3 Å². The lowest BCUT2D eigenvalue weighted by Crippen LogP contribution is -2.31. The third-order valence-corrected chi connectivity index (χ3v) is 3.61. The Balaban J connectivity index is 2.33. The Morgan fingerprint density at radius 1 is 1.53 bits per heavy atom. The van der Waals surface area contributed by atoms with E-state index in [2.05, 4.69) is 10.3 Å². The minimum atomic E-state index is -3.13. The molecule has 0 fully saturated rings. The molecule has 1 N–H and O–H groups in total. The van der Waals surface area contributed by atoms with Crippen LogP contribution in [0.15, 0.2) is 18.3 Å². The Hall–Kier alpha value is -1.14. The lowest BCUT2D eigenvalue weighted by Gasteiger charge is -2.16. The smallest absolute Gasteiger partial charge is 0.211 e. The largest absolute Gasteiger partial charge is 0.368 e. The summed E-state index contributed by atoms with van der Waals surface area (Å²) in [5.74, 6) is 0.781. The minimum absolute atomic E-state index is 0.398. The fourth-order valence-electron chi connectivity index (χ4n) is 1.58. The van der Waals surface area contributed by atoms with Gasteiger partial charge in [0.05, 0.1) is 6.26 Å². The number of hydrogen-bond donors (Lipinski definition) is 1. The van der Waals surface area contributed by atoms with E-state index in [-0.39, 0.29) is 0 Å². The lowest BCUT2D eigenvalue weighted by molar-refractivity contribution is 0.428. The van der Waals surface area contributed by atoms with Gasteiger partial charge in [-0.3, -0.25) is 0 Å². The Labute approximate surface area is 89.2 Å². The number of hydrogen-bond acceptors (Lipinski definition) is 4. The van der Waals surface area contributed by atoms with Gasteiger partial charge in [0.1, 0.15) is 5.82 Å². The van der Waals surface area contributed by atoms with Crippen LogP contribution in [0.3, 0.4) is 0 Å². The number of anilines is 1. The molecular weight excluding hydrogens is 214 g/mol. The summed E-state index contributed by atoms with van der Waals surface area (Å²) in [6, 6.07) is 3.70. The summed E-state index contributed by atoms with van der Waals surface area (Å²) < 4.78 is 24.3. The number of nitrogens with zero attached hydrogens (tertiary/aromatic N) is 2. The maximum atomic E-state index is 11.4. The predicted octanol–water partition coefficient (Wildman–Crippen LogP) is 0.269. The molecule has 2 heterocycles. The Morgan fingerprint density at radius 3 is 3.07 bits per heavy atom. The molecule has 0 aliphatic carbocycles. The summed E-state index contributed by atoms with van der Waals surface area (Å²) in [5.41, 5.74) is 0.917. The van der Waals surface area contributed by atoms with Gasteiger partial charge in [0, 0.05) is 31.4 Å². The summed E-state index contributed by atoms with van der Waals surface area (Å²) in [7, 11) is -3.13. The van der Waals surface area contributed by atoms with Crippen molar-refractivity contribution in [1.82, 2.24) is 9.29 Å². The number of nitrogens with one attached hydrogen (secondary N) is 1. The molecule has 6 heteroatoms. The third-order valence-electron chi connectivity index (χ3n) is 2.36. The molecule has 0 bridgehead atoms. The molecule has 0 aromatic carbocycles. The molecular formula is C9H13N3O2S. The molecule has 1 aliphatic rings. The van der Waals surface area contributed by atoms with E-state index in [9.17, 15) is 8.42 Å². The van der Waals surface area contributed by atoms with E-state index >= 15 is 0 Å². The van der Waals surface area contributed by atoms with E-state index in [1.807, 2.05) is 12.1 Å². The molecule has 2 rings (SSSR count). The highest BCUT2D eigenvalue weighted by molar-refractivity contribution is 7.88. The van der Waals surface area contributed by atoms with Crippen molar-refractivity contribution in [2.45, 2.75) is 6.54 Å². The monoisotopic (exact) mass is 227 g/mol. The van der Waals surface area contributed by atoms with Gasteiger partial charge in [-0.1, -0.05) is 6.07 Å². The van der Waals surface area contributed by atoms with E-state index in [4.69, 9.17) is 0 Å². The van der Waals surface area contributed by atoms with Gasteiger partial charge in [-0.15, -0.1) is 0 Å². The summed E-state index contributed by atoms with van der Waals surface area (Å²) >= 11 is 0. The van der Waals surface area contributed by atoms with Crippen molar-refractivity contribution in [3.05, 3.63) is 23.9 Å². The second-order valence-electron chi connectivity index (χ2n) is 3.53. The standard InChI is InChI=1S/C9H13N3O2S/c1-15(13,14)12-6-5-11-9-8(7-12)3-2-4-10-9/h2-4H,5-7H2,1H3,(H,10,11). The average Bonchev–Trinajstić information content (AvgIpc) is 2.38. The third kappa shape index (κ3) is 2.27. The van der Waals surface area contributed by atoms with E-state index in [1.165, 1.54) is 10.6 Å². The normalized spacial score (nSPS) is 17.7. The highest BCUT2D eigenvalue weighted by atomic mass is 32.2. The molecule has 0 spiro atoms. The van der Waals surface area contributed by atoms with Gasteiger partial charge >= 0.3 is 0 Å². The Bertz CT molecular complexity index is 458. The molecule has 0 saturated heterocycles. The second kappa shape index (κ2) is 3.79. The number of sulfonamides is 1. The summed E-state index contributed by atoms with van der Waals surface area (Å²) in [5, 5.41) is 3.11. The highest BCUT2D eigenvalue weighted by Crippen LogP contribution is 2.18. The molecule has 82 valence electrons. The second-order valence-corrected chi connectivity index (χ2v) is 5.52. The summed E-state index contributed by atoms with van der Waals surface area (Å²) in [6.45, 7) is 1.47. The van der Waals surface area contributed by atoms with Gasteiger partial charge in [0.25, 0.3) is 0 Å². The zero-order chi connectivity index (χ0) is 10.9. The van der Waals surface area contributed by atoms with Gasteiger partial charge in [-0.25, -0.2) is 13.4 Å². The van der Waals surface area contributed by atoms with Crippen LogP contribution in [0, 0.1) is 0 Å². The molecule has 1 aliphatic heterocycles. The molecule has 0 radical (unpaired) electrons. The SMILES string of the molecule is CS(=O)(=O)N1CCNc2ncccc2C1. The molecule has 0 unspecified atom stereocenters. The number of pyridine rings is 1. The van der Waals surface area contributed by atoms with Gasteiger partial charge in [-0.05, 0) is 6.07 Å². The summed E-state index contributed by atoms with van der Waals surface area (Å²) in [4.78, 5) is 4.16. The predicted molar refractivity (Wildman–Crippen MR) is 58.0 cm³/mol. The minimum Gasteiger partial charge on any atom is -0.368 e. The van der Waals surface area contributed by atoms with E-state index in [0.29, 0.717) is 19.6 Å². The molecule has 0 amide bonds. The van der Waals surface area contributed by atoms with Crippen molar-refractivity contribution in [2.24, 2.45) is 0 Å². The first-order chi connectivity index (χ1) is 7.07. The Morgan fingerprint density at radius 2 is 2.33 bits per heavy atom. The maximum Gasteiger partial charge on any atom is 0.211 e. The summed E-state index contributed by atoms with van der Waals surface area (Å²) in [6.07, 6.45) is 2.93. The number of rotatable bonds is 1.